The fourth-order valence-electron chi connectivity index (χ4n) is 0.891. The van der Waals surface area contributed by atoms with E-state index in [0.717, 1.165) is 4.47 Å². The van der Waals surface area contributed by atoms with Gasteiger partial charge in [-0.2, -0.15) is 0 Å². The predicted octanol–water partition coefficient (Wildman–Crippen LogP) is 3.00. The number of carbonyl (C=O) groups excluding carboxylic acids is 1. The number of rotatable bonds is 1. The molecule has 1 aromatic carbocycles. The summed E-state index contributed by atoms with van der Waals surface area (Å²) in [5.41, 5.74) is 6.77. The van der Waals surface area contributed by atoms with Gasteiger partial charge in [0.1, 0.15) is 0 Å². The summed E-state index contributed by atoms with van der Waals surface area (Å²) in [7, 11) is 0. The smallest absolute Gasteiger partial charge is 0.162 e. The second-order valence-electron chi connectivity index (χ2n) is 2.38. The van der Waals surface area contributed by atoms with Crippen LogP contribution < -0.4 is 5.73 Å². The molecular weight excluding hydrogens is 286 g/mol. The summed E-state index contributed by atoms with van der Waals surface area (Å²) in [4.78, 5) is 11.1. The number of carbonyl (C=O) groups is 1. The van der Waals surface area contributed by atoms with Gasteiger partial charge in [-0.3, -0.25) is 4.79 Å². The van der Waals surface area contributed by atoms with E-state index in [2.05, 4.69) is 31.9 Å². The Morgan fingerprint density at radius 2 is 2.00 bits per heavy atom. The highest BCUT2D eigenvalue weighted by Crippen LogP contribution is 2.30. The molecule has 0 aliphatic carbocycles. The van der Waals surface area contributed by atoms with Gasteiger partial charge in [-0.25, -0.2) is 0 Å². The lowest BCUT2D eigenvalue weighted by Gasteiger charge is -2.05. The Bertz CT molecular complexity index is 336. The van der Waals surface area contributed by atoms with Crippen molar-refractivity contribution in [3.63, 3.8) is 0 Å². The van der Waals surface area contributed by atoms with Crippen LogP contribution in [0.4, 0.5) is 5.69 Å². The number of nitrogen functional groups attached to an aromatic ring is 1. The van der Waals surface area contributed by atoms with Gasteiger partial charge in [0, 0.05) is 15.7 Å². The van der Waals surface area contributed by atoms with E-state index in [1.807, 2.05) is 0 Å². The van der Waals surface area contributed by atoms with Crippen LogP contribution >= 0.6 is 31.9 Å². The summed E-state index contributed by atoms with van der Waals surface area (Å²) in [6.45, 7) is 1.50. The molecule has 0 aliphatic rings. The van der Waals surface area contributed by atoms with Crippen molar-refractivity contribution in [2.24, 2.45) is 0 Å². The normalized spacial score (nSPS) is 9.92. The van der Waals surface area contributed by atoms with Crippen molar-refractivity contribution in [2.75, 3.05) is 5.73 Å². The first-order valence-electron chi connectivity index (χ1n) is 3.28. The molecule has 2 N–H and O–H groups in total. The Morgan fingerprint density at radius 1 is 1.42 bits per heavy atom. The van der Waals surface area contributed by atoms with Crippen molar-refractivity contribution in [3.05, 3.63) is 26.6 Å². The van der Waals surface area contributed by atoms with E-state index >= 15 is 0 Å². The van der Waals surface area contributed by atoms with Gasteiger partial charge in [0.25, 0.3) is 0 Å². The Morgan fingerprint density at radius 3 is 2.42 bits per heavy atom. The maximum atomic E-state index is 11.1. The SMILES string of the molecule is CC(=O)c1c(Br)ccc(N)c1Br. The third-order valence-electron chi connectivity index (χ3n) is 1.47. The number of nitrogens with two attached hydrogens (primary N) is 1. The van der Waals surface area contributed by atoms with Gasteiger partial charge < -0.3 is 5.73 Å². The molecule has 0 radical (unpaired) electrons. The van der Waals surface area contributed by atoms with Crippen molar-refractivity contribution in [1.82, 2.24) is 0 Å². The molecule has 0 spiro atoms. The molecule has 0 fully saturated rings. The first-order valence-corrected chi connectivity index (χ1v) is 4.87. The van der Waals surface area contributed by atoms with E-state index in [9.17, 15) is 4.79 Å². The van der Waals surface area contributed by atoms with Gasteiger partial charge in [0.2, 0.25) is 0 Å². The molecule has 0 saturated carbocycles. The summed E-state index contributed by atoms with van der Waals surface area (Å²) in [5, 5.41) is 0. The van der Waals surface area contributed by atoms with Crippen LogP contribution in [0.15, 0.2) is 21.1 Å². The van der Waals surface area contributed by atoms with Crippen molar-refractivity contribution >= 4 is 43.3 Å². The quantitative estimate of drug-likeness (QED) is 0.639. The van der Waals surface area contributed by atoms with Crippen molar-refractivity contribution in [1.29, 1.82) is 0 Å². The van der Waals surface area contributed by atoms with Crippen LogP contribution in [0.3, 0.4) is 0 Å². The summed E-state index contributed by atoms with van der Waals surface area (Å²) in [6, 6.07) is 3.50. The first kappa shape index (κ1) is 9.74. The monoisotopic (exact) mass is 291 g/mol. The zero-order valence-corrected chi connectivity index (χ0v) is 9.57. The first-order chi connectivity index (χ1) is 5.54. The molecule has 0 aliphatic heterocycles. The number of anilines is 1. The molecule has 1 aromatic rings. The van der Waals surface area contributed by atoms with E-state index in [4.69, 9.17) is 5.73 Å². The Kier molecular flexibility index (Phi) is 2.90. The molecule has 0 amide bonds. The van der Waals surface area contributed by atoms with Crippen LogP contribution in [-0.2, 0) is 0 Å². The maximum absolute atomic E-state index is 11.1. The van der Waals surface area contributed by atoms with Crippen LogP contribution in [0.25, 0.3) is 0 Å². The number of hydrogen-bond donors (Lipinski definition) is 1. The lowest BCUT2D eigenvalue weighted by Crippen LogP contribution is -1.98. The number of ketones is 1. The fourth-order valence-corrected chi connectivity index (χ4v) is 2.39. The molecule has 0 unspecified atom stereocenters. The molecule has 64 valence electrons. The van der Waals surface area contributed by atoms with Crippen molar-refractivity contribution < 1.29 is 4.79 Å². The van der Waals surface area contributed by atoms with Gasteiger partial charge in [-0.05, 0) is 35.0 Å². The number of hydrogen-bond acceptors (Lipinski definition) is 2. The standard InChI is InChI=1S/C8H7Br2NO/c1-4(12)7-5(9)2-3-6(11)8(7)10/h2-3H,11H2,1H3. The minimum absolute atomic E-state index is 0.0129. The van der Waals surface area contributed by atoms with Crippen LogP contribution in [0, 0.1) is 0 Å². The molecule has 0 heterocycles. The highest BCUT2D eigenvalue weighted by molar-refractivity contribution is 9.11. The topological polar surface area (TPSA) is 43.1 Å². The predicted molar refractivity (Wildman–Crippen MR) is 56.3 cm³/mol. The van der Waals surface area contributed by atoms with Gasteiger partial charge in [0.15, 0.2) is 5.78 Å². The Labute approximate surface area is 87.4 Å². The highest BCUT2D eigenvalue weighted by Gasteiger charge is 2.11. The number of benzene rings is 1. The molecule has 4 heteroatoms. The lowest BCUT2D eigenvalue weighted by atomic mass is 10.1. The second kappa shape index (κ2) is 3.58. The van der Waals surface area contributed by atoms with E-state index in [1.54, 1.807) is 12.1 Å². The zero-order valence-electron chi connectivity index (χ0n) is 6.40. The Balaban J connectivity index is 3.43. The number of halogens is 2. The largest absolute Gasteiger partial charge is 0.398 e. The van der Waals surface area contributed by atoms with E-state index in [1.165, 1.54) is 6.92 Å². The van der Waals surface area contributed by atoms with Crippen molar-refractivity contribution in [2.45, 2.75) is 6.92 Å². The molecule has 2 nitrogen and oxygen atoms in total. The van der Waals surface area contributed by atoms with Crippen LogP contribution in [0.5, 0.6) is 0 Å². The average molecular weight is 293 g/mol. The van der Waals surface area contributed by atoms with E-state index in [-0.39, 0.29) is 5.78 Å². The van der Waals surface area contributed by atoms with E-state index in [0.29, 0.717) is 15.7 Å². The summed E-state index contributed by atoms with van der Waals surface area (Å²) >= 11 is 6.53. The average Bonchev–Trinajstić information content (AvgIpc) is 1.97. The minimum Gasteiger partial charge on any atom is -0.398 e. The number of Topliss-reactive ketones (excluding diaryl/α,β-unsaturated/α-hetero) is 1. The minimum atomic E-state index is -0.0129. The summed E-state index contributed by atoms with van der Waals surface area (Å²) < 4.78 is 1.42. The third-order valence-corrected chi connectivity index (χ3v) is 2.99. The third kappa shape index (κ3) is 1.69. The molecule has 1 rings (SSSR count). The molecule has 12 heavy (non-hydrogen) atoms. The molecule has 0 bridgehead atoms. The maximum Gasteiger partial charge on any atom is 0.162 e. The van der Waals surface area contributed by atoms with Gasteiger partial charge in [-0.15, -0.1) is 0 Å². The lowest BCUT2D eigenvalue weighted by molar-refractivity contribution is 0.101. The molecule has 0 aromatic heterocycles. The molecular formula is C8H7Br2NO. The summed E-state index contributed by atoms with van der Waals surface area (Å²) in [5.74, 6) is -0.0129. The van der Waals surface area contributed by atoms with Gasteiger partial charge >= 0.3 is 0 Å². The zero-order chi connectivity index (χ0) is 9.30. The van der Waals surface area contributed by atoms with Gasteiger partial charge in [0.05, 0.1) is 4.47 Å². The van der Waals surface area contributed by atoms with Crippen molar-refractivity contribution in [3.8, 4) is 0 Å². The Hall–Kier alpha value is -0.350. The molecule has 0 atom stereocenters. The second-order valence-corrected chi connectivity index (χ2v) is 4.03. The van der Waals surface area contributed by atoms with E-state index < -0.39 is 0 Å². The van der Waals surface area contributed by atoms with Crippen LogP contribution in [0.2, 0.25) is 0 Å². The fraction of sp³-hybridized carbons (Fsp3) is 0.125. The van der Waals surface area contributed by atoms with Crippen LogP contribution in [0.1, 0.15) is 17.3 Å². The van der Waals surface area contributed by atoms with Crippen LogP contribution in [-0.4, -0.2) is 5.78 Å². The molecule has 0 saturated heterocycles. The van der Waals surface area contributed by atoms with Gasteiger partial charge in [-0.1, -0.05) is 15.9 Å². The highest BCUT2D eigenvalue weighted by atomic mass is 79.9. The summed E-state index contributed by atoms with van der Waals surface area (Å²) in [6.07, 6.45) is 0.